The number of hydrogen-bond donors (Lipinski definition) is 2. The Kier molecular flexibility index (Phi) is 5.83. The number of hydrogen-bond acceptors (Lipinski definition) is 5. The normalized spacial score (nSPS) is 16.6. The number of nitrogens with zero attached hydrogens (tertiary/aromatic N) is 1. The second-order valence-corrected chi connectivity index (χ2v) is 7.20. The summed E-state index contributed by atoms with van der Waals surface area (Å²) < 4.78 is 5.21. The maximum absolute atomic E-state index is 12.2. The van der Waals surface area contributed by atoms with E-state index in [1.165, 1.54) is 11.8 Å². The van der Waals surface area contributed by atoms with Gasteiger partial charge in [0.1, 0.15) is 5.75 Å². The van der Waals surface area contributed by atoms with Crippen molar-refractivity contribution in [1.82, 2.24) is 5.32 Å². The van der Waals surface area contributed by atoms with E-state index in [2.05, 4.69) is 10.3 Å². The van der Waals surface area contributed by atoms with E-state index in [9.17, 15) is 9.59 Å². The highest BCUT2D eigenvalue weighted by atomic mass is 35.5. The molecule has 2 aromatic rings. The molecule has 0 unspecified atom stereocenters. The number of amides is 2. The van der Waals surface area contributed by atoms with Gasteiger partial charge in [0.25, 0.3) is 11.8 Å². The number of primary amides is 1. The average Bonchev–Trinajstić information content (AvgIpc) is 2.96. The summed E-state index contributed by atoms with van der Waals surface area (Å²) in [6.07, 6.45) is 1.76. The lowest BCUT2D eigenvalue weighted by Gasteiger charge is -2.03. The molecule has 1 fully saturated rings. The molecule has 2 aromatic carbocycles. The van der Waals surface area contributed by atoms with Gasteiger partial charge in [-0.05, 0) is 60.2 Å². The molecule has 0 saturated carbocycles. The molecule has 3 N–H and O–H groups in total. The molecule has 6 nitrogen and oxygen atoms in total. The third-order valence-electron chi connectivity index (χ3n) is 3.60. The van der Waals surface area contributed by atoms with E-state index in [4.69, 9.17) is 22.1 Å². The minimum absolute atomic E-state index is 0.179. The zero-order chi connectivity index (χ0) is 19.4. The number of aliphatic imine (C=N–C) groups is 1. The van der Waals surface area contributed by atoms with Gasteiger partial charge in [0.15, 0.2) is 11.8 Å². The third-order valence-corrected chi connectivity index (χ3v) is 4.75. The molecule has 1 aliphatic rings. The summed E-state index contributed by atoms with van der Waals surface area (Å²) in [5, 5.41) is 3.84. The zero-order valence-electron chi connectivity index (χ0n) is 14.4. The standard InChI is InChI=1S/C19H16ClN3O3S/c1-11-2-5-13(20)9-15(11)22-19-23-18(25)16(27-19)8-12-3-6-14(7-4-12)26-10-17(21)24/h2-9H,10H2,1H3,(H2,21,24)(H,22,23,25)/b16-8-. The highest BCUT2D eigenvalue weighted by Crippen LogP contribution is 2.30. The van der Waals surface area contributed by atoms with Crippen LogP contribution in [-0.4, -0.2) is 23.6 Å². The fourth-order valence-electron chi connectivity index (χ4n) is 2.26. The summed E-state index contributed by atoms with van der Waals surface area (Å²) in [5.41, 5.74) is 7.53. The lowest BCUT2D eigenvalue weighted by Crippen LogP contribution is -2.20. The minimum atomic E-state index is -0.540. The first kappa shape index (κ1) is 19.0. The van der Waals surface area contributed by atoms with Crippen LogP contribution >= 0.6 is 23.4 Å². The van der Waals surface area contributed by atoms with Crippen molar-refractivity contribution >= 4 is 52.1 Å². The molecule has 27 heavy (non-hydrogen) atoms. The Morgan fingerprint density at radius 1 is 1.30 bits per heavy atom. The molecule has 0 bridgehead atoms. The quantitative estimate of drug-likeness (QED) is 0.751. The van der Waals surface area contributed by atoms with Gasteiger partial charge in [-0.15, -0.1) is 0 Å². The predicted molar refractivity (Wildman–Crippen MR) is 108 cm³/mol. The first-order chi connectivity index (χ1) is 12.9. The summed E-state index contributed by atoms with van der Waals surface area (Å²) >= 11 is 7.27. The van der Waals surface area contributed by atoms with Crippen molar-refractivity contribution in [2.75, 3.05) is 6.61 Å². The maximum Gasteiger partial charge on any atom is 0.264 e. The molecule has 0 atom stereocenters. The Morgan fingerprint density at radius 2 is 2.04 bits per heavy atom. The number of nitrogens with one attached hydrogen (secondary N) is 1. The van der Waals surface area contributed by atoms with Crippen LogP contribution in [0.2, 0.25) is 5.02 Å². The molecule has 1 heterocycles. The zero-order valence-corrected chi connectivity index (χ0v) is 15.9. The molecule has 1 aliphatic heterocycles. The van der Waals surface area contributed by atoms with Crippen molar-refractivity contribution < 1.29 is 14.3 Å². The van der Waals surface area contributed by atoms with Gasteiger partial charge in [-0.3, -0.25) is 9.59 Å². The molecular formula is C19H16ClN3O3S. The van der Waals surface area contributed by atoms with E-state index < -0.39 is 5.91 Å². The lowest BCUT2D eigenvalue weighted by molar-refractivity contribution is -0.120. The van der Waals surface area contributed by atoms with Gasteiger partial charge in [0.2, 0.25) is 0 Å². The molecule has 0 aromatic heterocycles. The third kappa shape index (κ3) is 5.12. The summed E-state index contributed by atoms with van der Waals surface area (Å²) in [7, 11) is 0. The van der Waals surface area contributed by atoms with Crippen LogP contribution in [0.25, 0.3) is 6.08 Å². The molecule has 0 radical (unpaired) electrons. The largest absolute Gasteiger partial charge is 0.484 e. The van der Waals surface area contributed by atoms with Crippen molar-refractivity contribution in [2.45, 2.75) is 6.92 Å². The van der Waals surface area contributed by atoms with Crippen LogP contribution in [0, 0.1) is 6.92 Å². The van der Waals surface area contributed by atoms with Gasteiger partial charge >= 0.3 is 0 Å². The summed E-state index contributed by atoms with van der Waals surface area (Å²) in [5.74, 6) is -0.229. The Morgan fingerprint density at radius 3 is 2.74 bits per heavy atom. The van der Waals surface area contributed by atoms with Crippen molar-refractivity contribution in [3.05, 3.63) is 63.5 Å². The highest BCUT2D eigenvalue weighted by molar-refractivity contribution is 8.18. The molecular weight excluding hydrogens is 386 g/mol. The van der Waals surface area contributed by atoms with E-state index in [0.717, 1.165) is 11.1 Å². The first-order valence-corrected chi connectivity index (χ1v) is 9.17. The number of carbonyl (C=O) groups excluding carboxylic acids is 2. The van der Waals surface area contributed by atoms with E-state index >= 15 is 0 Å². The van der Waals surface area contributed by atoms with E-state index in [1.54, 1.807) is 42.5 Å². The van der Waals surface area contributed by atoms with Crippen LogP contribution < -0.4 is 15.8 Å². The average molecular weight is 402 g/mol. The summed E-state index contributed by atoms with van der Waals surface area (Å²) in [6.45, 7) is 1.75. The molecule has 0 spiro atoms. The van der Waals surface area contributed by atoms with Gasteiger partial charge in [0, 0.05) is 5.02 Å². The Hall–Kier alpha value is -2.77. The number of carbonyl (C=O) groups is 2. The second kappa shape index (κ2) is 8.28. The van der Waals surface area contributed by atoms with Gasteiger partial charge in [0.05, 0.1) is 10.6 Å². The number of amidine groups is 1. The molecule has 0 aliphatic carbocycles. The molecule has 138 valence electrons. The van der Waals surface area contributed by atoms with E-state index in [1.807, 2.05) is 13.0 Å². The molecule has 8 heteroatoms. The minimum Gasteiger partial charge on any atom is -0.484 e. The van der Waals surface area contributed by atoms with Crippen molar-refractivity contribution in [3.63, 3.8) is 0 Å². The van der Waals surface area contributed by atoms with Crippen LogP contribution in [0.15, 0.2) is 52.4 Å². The highest BCUT2D eigenvalue weighted by Gasteiger charge is 2.24. The first-order valence-electron chi connectivity index (χ1n) is 7.97. The summed E-state index contributed by atoms with van der Waals surface area (Å²) in [6, 6.07) is 12.4. The SMILES string of the molecule is Cc1ccc(Cl)cc1N=C1NC(=O)/C(=C/c2ccc(OCC(N)=O)cc2)S1. The van der Waals surface area contributed by atoms with E-state index in [0.29, 0.717) is 26.5 Å². The number of benzene rings is 2. The van der Waals surface area contributed by atoms with Gasteiger partial charge in [-0.1, -0.05) is 29.8 Å². The Bertz CT molecular complexity index is 955. The van der Waals surface area contributed by atoms with Crippen LogP contribution in [0.1, 0.15) is 11.1 Å². The lowest BCUT2D eigenvalue weighted by atomic mass is 10.2. The van der Waals surface area contributed by atoms with Crippen LogP contribution in [-0.2, 0) is 9.59 Å². The van der Waals surface area contributed by atoms with Gasteiger partial charge < -0.3 is 15.8 Å². The smallest absolute Gasteiger partial charge is 0.264 e. The number of nitrogens with two attached hydrogens (primary N) is 1. The maximum atomic E-state index is 12.2. The van der Waals surface area contributed by atoms with Gasteiger partial charge in [-0.2, -0.15) is 0 Å². The fourth-order valence-corrected chi connectivity index (χ4v) is 3.26. The number of halogens is 1. The number of rotatable bonds is 5. The van der Waals surface area contributed by atoms with Crippen molar-refractivity contribution in [2.24, 2.45) is 10.7 Å². The second-order valence-electron chi connectivity index (χ2n) is 5.74. The topological polar surface area (TPSA) is 93.8 Å². The van der Waals surface area contributed by atoms with Crippen molar-refractivity contribution in [1.29, 1.82) is 0 Å². The van der Waals surface area contributed by atoms with Crippen molar-refractivity contribution in [3.8, 4) is 5.75 Å². The van der Waals surface area contributed by atoms with Crippen LogP contribution in [0.4, 0.5) is 5.69 Å². The Balaban J connectivity index is 1.74. The Labute approximate surface area is 165 Å². The van der Waals surface area contributed by atoms with Crippen LogP contribution in [0.5, 0.6) is 5.75 Å². The van der Waals surface area contributed by atoms with Gasteiger partial charge in [-0.25, -0.2) is 4.99 Å². The molecule has 1 saturated heterocycles. The number of aryl methyl sites for hydroxylation is 1. The number of thioether (sulfide) groups is 1. The van der Waals surface area contributed by atoms with Crippen LogP contribution in [0.3, 0.4) is 0 Å². The molecule has 3 rings (SSSR count). The fraction of sp³-hybridized carbons (Fsp3) is 0.105. The van der Waals surface area contributed by atoms with E-state index in [-0.39, 0.29) is 12.5 Å². The summed E-state index contributed by atoms with van der Waals surface area (Å²) in [4.78, 5) is 27.9. The molecule has 2 amide bonds. The predicted octanol–water partition coefficient (Wildman–Crippen LogP) is 3.40. The monoisotopic (exact) mass is 401 g/mol. The number of ether oxygens (including phenoxy) is 1.